The molecule has 0 radical (unpaired) electrons. The molecule has 1 aliphatic rings. The normalized spacial score (nSPS) is 17.8. The van der Waals surface area contributed by atoms with E-state index in [4.69, 9.17) is 10.5 Å². The van der Waals surface area contributed by atoms with Crippen molar-refractivity contribution in [2.24, 2.45) is 0 Å². The third-order valence-corrected chi connectivity index (χ3v) is 1.95. The molecule has 0 aromatic carbocycles. The highest BCUT2D eigenvalue weighted by atomic mass is 16.5. The van der Waals surface area contributed by atoms with Crippen LogP contribution in [0, 0.1) is 0 Å². The van der Waals surface area contributed by atoms with Crippen molar-refractivity contribution in [1.82, 2.24) is 4.98 Å². The summed E-state index contributed by atoms with van der Waals surface area (Å²) in [4.78, 5) is 4.00. The van der Waals surface area contributed by atoms with Gasteiger partial charge in [0.25, 0.3) is 0 Å². The Bertz CT molecular complexity index is 258. The lowest BCUT2D eigenvalue weighted by Crippen LogP contribution is -2.26. The van der Waals surface area contributed by atoms with Gasteiger partial charge in [-0.2, -0.15) is 0 Å². The van der Waals surface area contributed by atoms with E-state index in [2.05, 4.69) is 4.98 Å². The van der Waals surface area contributed by atoms with Crippen LogP contribution in [0.3, 0.4) is 0 Å². The maximum atomic E-state index is 5.66. The van der Waals surface area contributed by atoms with Gasteiger partial charge in [0, 0.05) is 17.7 Å². The van der Waals surface area contributed by atoms with Crippen LogP contribution >= 0.6 is 0 Å². The summed E-state index contributed by atoms with van der Waals surface area (Å²) in [6.07, 6.45) is 1.71. The molecule has 58 valence electrons. The van der Waals surface area contributed by atoms with Gasteiger partial charge in [-0.25, -0.2) is 4.98 Å². The Labute approximate surface area is 65.2 Å². The van der Waals surface area contributed by atoms with E-state index in [1.54, 1.807) is 6.20 Å². The van der Waals surface area contributed by atoms with Gasteiger partial charge in [-0.3, -0.25) is 0 Å². The second-order valence-corrected chi connectivity index (χ2v) is 2.71. The zero-order chi connectivity index (χ0) is 7.68. The van der Waals surface area contributed by atoms with Gasteiger partial charge in [0.15, 0.2) is 0 Å². The number of hydrogen-bond acceptors (Lipinski definition) is 3. The fourth-order valence-corrected chi connectivity index (χ4v) is 1.19. The highest BCUT2D eigenvalue weighted by molar-refractivity contribution is 5.41. The molecule has 2 rings (SSSR count). The first-order valence-electron chi connectivity index (χ1n) is 3.66. The van der Waals surface area contributed by atoms with Crippen LogP contribution in [0.15, 0.2) is 18.3 Å². The Kier molecular flexibility index (Phi) is 1.51. The molecule has 1 aliphatic heterocycles. The van der Waals surface area contributed by atoms with Gasteiger partial charge >= 0.3 is 0 Å². The summed E-state index contributed by atoms with van der Waals surface area (Å²) in [6, 6.07) is 3.92. The lowest BCUT2D eigenvalue weighted by Gasteiger charge is -2.26. The van der Waals surface area contributed by atoms with Crippen LogP contribution < -0.4 is 5.73 Å². The molecule has 1 saturated heterocycles. The summed E-state index contributed by atoms with van der Waals surface area (Å²) in [6.45, 7) is 1.58. The van der Waals surface area contributed by atoms with Crippen molar-refractivity contribution in [2.45, 2.75) is 5.92 Å². The van der Waals surface area contributed by atoms with Crippen molar-refractivity contribution in [3.8, 4) is 0 Å². The quantitative estimate of drug-likeness (QED) is 0.643. The van der Waals surface area contributed by atoms with E-state index < -0.39 is 0 Å². The first-order chi connectivity index (χ1) is 5.38. The van der Waals surface area contributed by atoms with Crippen molar-refractivity contribution >= 4 is 5.82 Å². The minimum Gasteiger partial charge on any atom is -0.383 e. The third-order valence-electron chi connectivity index (χ3n) is 1.95. The average Bonchev–Trinajstić information content (AvgIpc) is 1.90. The van der Waals surface area contributed by atoms with E-state index in [0.717, 1.165) is 18.8 Å². The summed E-state index contributed by atoms with van der Waals surface area (Å²) >= 11 is 0. The number of ether oxygens (including phenoxy) is 1. The molecular formula is C8H10N2O. The predicted molar refractivity (Wildman–Crippen MR) is 42.2 cm³/mol. The Morgan fingerprint density at radius 1 is 1.55 bits per heavy atom. The predicted octanol–water partition coefficient (Wildman–Crippen LogP) is 0.778. The maximum absolute atomic E-state index is 5.66. The molecule has 3 nitrogen and oxygen atoms in total. The van der Waals surface area contributed by atoms with Crippen LogP contribution in [0.2, 0.25) is 0 Å². The number of nitrogens with zero attached hydrogens (tertiary/aromatic N) is 1. The van der Waals surface area contributed by atoms with Gasteiger partial charge in [-0.15, -0.1) is 0 Å². The Morgan fingerprint density at radius 3 is 2.91 bits per heavy atom. The SMILES string of the molecule is Nc1ncccc1C1COC1. The van der Waals surface area contributed by atoms with E-state index in [0.29, 0.717) is 11.7 Å². The topological polar surface area (TPSA) is 48.1 Å². The van der Waals surface area contributed by atoms with Crippen LogP contribution in [-0.2, 0) is 4.74 Å². The molecule has 0 bridgehead atoms. The molecule has 3 heteroatoms. The Balaban J connectivity index is 2.28. The Morgan fingerprint density at radius 2 is 2.36 bits per heavy atom. The van der Waals surface area contributed by atoms with E-state index in [9.17, 15) is 0 Å². The lowest BCUT2D eigenvalue weighted by atomic mass is 9.99. The monoisotopic (exact) mass is 150 g/mol. The number of anilines is 1. The lowest BCUT2D eigenvalue weighted by molar-refractivity contribution is 0.00860. The fraction of sp³-hybridized carbons (Fsp3) is 0.375. The number of nitrogen functional groups attached to an aromatic ring is 1. The summed E-state index contributed by atoms with van der Waals surface area (Å²) < 4.78 is 5.06. The average molecular weight is 150 g/mol. The van der Waals surface area contributed by atoms with Crippen LogP contribution in [0.5, 0.6) is 0 Å². The smallest absolute Gasteiger partial charge is 0.126 e. The van der Waals surface area contributed by atoms with E-state index >= 15 is 0 Å². The van der Waals surface area contributed by atoms with Crippen molar-refractivity contribution < 1.29 is 4.74 Å². The largest absolute Gasteiger partial charge is 0.383 e. The number of pyridine rings is 1. The molecule has 1 aromatic heterocycles. The highest BCUT2D eigenvalue weighted by Gasteiger charge is 2.22. The van der Waals surface area contributed by atoms with Crippen LogP contribution in [-0.4, -0.2) is 18.2 Å². The second kappa shape index (κ2) is 2.51. The highest BCUT2D eigenvalue weighted by Crippen LogP contribution is 2.26. The van der Waals surface area contributed by atoms with E-state index in [-0.39, 0.29) is 0 Å². The minimum atomic E-state index is 0.476. The van der Waals surface area contributed by atoms with Gasteiger partial charge in [0.2, 0.25) is 0 Å². The summed E-state index contributed by atoms with van der Waals surface area (Å²) in [7, 11) is 0. The van der Waals surface area contributed by atoms with Crippen LogP contribution in [0.25, 0.3) is 0 Å². The third kappa shape index (κ3) is 1.07. The number of aromatic nitrogens is 1. The molecule has 0 saturated carbocycles. The molecule has 2 heterocycles. The second-order valence-electron chi connectivity index (χ2n) is 2.71. The molecule has 0 spiro atoms. The molecule has 1 fully saturated rings. The van der Waals surface area contributed by atoms with Crippen molar-refractivity contribution in [3.63, 3.8) is 0 Å². The van der Waals surface area contributed by atoms with Gasteiger partial charge in [0.1, 0.15) is 5.82 Å². The standard InChI is InChI=1S/C8H10N2O/c9-8-7(2-1-3-10-8)6-4-11-5-6/h1-3,6H,4-5H2,(H2,9,10). The summed E-state index contributed by atoms with van der Waals surface area (Å²) in [5, 5.41) is 0. The van der Waals surface area contributed by atoms with Gasteiger partial charge in [0.05, 0.1) is 13.2 Å². The van der Waals surface area contributed by atoms with E-state index in [1.807, 2.05) is 12.1 Å². The van der Waals surface area contributed by atoms with Gasteiger partial charge < -0.3 is 10.5 Å². The van der Waals surface area contributed by atoms with Crippen molar-refractivity contribution in [1.29, 1.82) is 0 Å². The molecule has 0 unspecified atom stereocenters. The van der Waals surface area contributed by atoms with Crippen molar-refractivity contribution in [2.75, 3.05) is 18.9 Å². The molecule has 11 heavy (non-hydrogen) atoms. The molecule has 2 N–H and O–H groups in total. The van der Waals surface area contributed by atoms with Gasteiger partial charge in [-0.1, -0.05) is 6.07 Å². The summed E-state index contributed by atoms with van der Waals surface area (Å²) in [5.41, 5.74) is 6.79. The van der Waals surface area contributed by atoms with Crippen LogP contribution in [0.4, 0.5) is 5.82 Å². The molecule has 1 aromatic rings. The zero-order valence-electron chi connectivity index (χ0n) is 6.16. The van der Waals surface area contributed by atoms with Gasteiger partial charge in [-0.05, 0) is 6.07 Å². The Hall–Kier alpha value is -1.09. The first kappa shape index (κ1) is 6.61. The minimum absolute atomic E-state index is 0.476. The molecular weight excluding hydrogens is 140 g/mol. The molecule has 0 amide bonds. The number of hydrogen-bond donors (Lipinski definition) is 1. The van der Waals surface area contributed by atoms with E-state index in [1.165, 1.54) is 0 Å². The maximum Gasteiger partial charge on any atom is 0.126 e. The van der Waals surface area contributed by atoms with Crippen molar-refractivity contribution in [3.05, 3.63) is 23.9 Å². The zero-order valence-corrected chi connectivity index (χ0v) is 6.16. The number of rotatable bonds is 1. The number of nitrogens with two attached hydrogens (primary N) is 1. The van der Waals surface area contributed by atoms with Crippen LogP contribution in [0.1, 0.15) is 11.5 Å². The first-order valence-corrected chi connectivity index (χ1v) is 3.66. The molecule has 0 atom stereocenters. The fourth-order valence-electron chi connectivity index (χ4n) is 1.19. The summed E-state index contributed by atoms with van der Waals surface area (Å²) in [5.74, 6) is 1.12. The molecule has 0 aliphatic carbocycles.